The number of alkyl halides is 2. The fourth-order valence-electron chi connectivity index (χ4n) is 1.33. The minimum atomic E-state index is -2.86. The number of benzene rings is 1. The van der Waals surface area contributed by atoms with E-state index in [1.807, 2.05) is 0 Å². The third-order valence-corrected chi connectivity index (χ3v) is 2.27. The molecule has 0 atom stereocenters. The highest BCUT2D eigenvalue weighted by atomic mass is 35.5. The molecule has 0 fully saturated rings. The second kappa shape index (κ2) is 6.29. The first-order valence-corrected chi connectivity index (χ1v) is 5.72. The molecule has 0 unspecified atom stereocenters. The largest absolute Gasteiger partial charge is 0.467 e. The van der Waals surface area contributed by atoms with Crippen LogP contribution in [-0.4, -0.2) is 28.7 Å². The van der Waals surface area contributed by atoms with Gasteiger partial charge in [-0.3, -0.25) is 0 Å². The molecule has 1 aromatic carbocycles. The van der Waals surface area contributed by atoms with Crippen molar-refractivity contribution in [2.24, 2.45) is 0 Å². The lowest BCUT2D eigenvalue weighted by Gasteiger charge is -2.08. The van der Waals surface area contributed by atoms with Crippen molar-refractivity contribution in [1.82, 2.24) is 15.0 Å². The quantitative estimate of drug-likeness (QED) is 0.916. The fraction of sp³-hybridized carbons (Fsp3) is 0.182. The first-order valence-electron chi connectivity index (χ1n) is 5.34. The maximum atomic E-state index is 12.0. The van der Waals surface area contributed by atoms with Crippen LogP contribution in [0.5, 0.6) is 11.8 Å². The Kier molecular flexibility index (Phi) is 4.46. The van der Waals surface area contributed by atoms with E-state index in [0.717, 1.165) is 0 Å². The van der Waals surface area contributed by atoms with Crippen LogP contribution in [-0.2, 0) is 0 Å². The second-order valence-corrected chi connectivity index (χ2v) is 3.78. The van der Waals surface area contributed by atoms with Crippen LogP contribution in [0.2, 0.25) is 5.28 Å². The summed E-state index contributed by atoms with van der Waals surface area (Å²) in [6.45, 7) is -2.86. The van der Waals surface area contributed by atoms with Gasteiger partial charge in [0.2, 0.25) is 11.2 Å². The Morgan fingerprint density at radius 1 is 1.15 bits per heavy atom. The number of anilines is 2. The zero-order valence-corrected chi connectivity index (χ0v) is 10.9. The summed E-state index contributed by atoms with van der Waals surface area (Å²) in [6.07, 6.45) is 0. The van der Waals surface area contributed by atoms with Crippen LogP contribution in [0.1, 0.15) is 0 Å². The van der Waals surface area contributed by atoms with Gasteiger partial charge in [-0.2, -0.15) is 23.7 Å². The number of halogens is 3. The van der Waals surface area contributed by atoms with Gasteiger partial charge in [0.05, 0.1) is 7.11 Å². The minimum absolute atomic E-state index is 0.0306. The van der Waals surface area contributed by atoms with Gasteiger partial charge in [0.15, 0.2) is 0 Å². The summed E-state index contributed by atoms with van der Waals surface area (Å²) in [7, 11) is 1.39. The summed E-state index contributed by atoms with van der Waals surface area (Å²) >= 11 is 5.69. The molecule has 6 nitrogen and oxygen atoms in total. The fourth-order valence-corrected chi connectivity index (χ4v) is 1.48. The van der Waals surface area contributed by atoms with Gasteiger partial charge in [0.1, 0.15) is 5.75 Å². The number of hydrogen-bond donors (Lipinski definition) is 1. The molecule has 106 valence electrons. The van der Waals surface area contributed by atoms with Gasteiger partial charge in [-0.15, -0.1) is 0 Å². The van der Waals surface area contributed by atoms with E-state index in [1.165, 1.54) is 31.4 Å². The molecule has 0 aliphatic heterocycles. The molecular formula is C11H9ClF2N4O2. The van der Waals surface area contributed by atoms with E-state index in [0.29, 0.717) is 5.69 Å². The van der Waals surface area contributed by atoms with E-state index in [9.17, 15) is 8.78 Å². The SMILES string of the molecule is COc1nc(Cl)nc(Nc2ccc(OC(F)F)cc2)n1. The molecule has 9 heteroatoms. The maximum absolute atomic E-state index is 12.0. The third kappa shape index (κ3) is 3.89. The molecule has 0 bridgehead atoms. The van der Waals surface area contributed by atoms with Crippen LogP contribution in [0.25, 0.3) is 0 Å². The van der Waals surface area contributed by atoms with E-state index in [-0.39, 0.29) is 23.0 Å². The number of rotatable bonds is 5. The number of hydrogen-bond acceptors (Lipinski definition) is 6. The molecular weight excluding hydrogens is 294 g/mol. The average Bonchev–Trinajstić information content (AvgIpc) is 2.39. The van der Waals surface area contributed by atoms with Gasteiger partial charge in [0, 0.05) is 5.69 Å². The first kappa shape index (κ1) is 14.2. The van der Waals surface area contributed by atoms with Gasteiger partial charge in [-0.25, -0.2) is 0 Å². The smallest absolute Gasteiger partial charge is 0.387 e. The summed E-state index contributed by atoms with van der Waals surface area (Å²) < 4.78 is 33.1. The Bertz CT molecular complexity index is 583. The van der Waals surface area contributed by atoms with Crippen LogP contribution in [0.3, 0.4) is 0 Å². The Morgan fingerprint density at radius 2 is 1.85 bits per heavy atom. The van der Waals surface area contributed by atoms with Crippen molar-refractivity contribution < 1.29 is 18.3 Å². The molecule has 0 radical (unpaired) electrons. The topological polar surface area (TPSA) is 69.2 Å². The summed E-state index contributed by atoms with van der Waals surface area (Å²) in [4.78, 5) is 11.5. The Balaban J connectivity index is 2.11. The molecule has 0 aliphatic rings. The van der Waals surface area contributed by atoms with E-state index in [2.05, 4.69) is 25.0 Å². The average molecular weight is 303 g/mol. The van der Waals surface area contributed by atoms with Crippen LogP contribution in [0.4, 0.5) is 20.4 Å². The second-order valence-electron chi connectivity index (χ2n) is 3.44. The van der Waals surface area contributed by atoms with E-state index in [1.54, 1.807) is 0 Å². The van der Waals surface area contributed by atoms with Crippen molar-refractivity contribution in [2.75, 3.05) is 12.4 Å². The number of nitrogens with zero attached hydrogens (tertiary/aromatic N) is 3. The predicted octanol–water partition coefficient (Wildman–Crippen LogP) is 2.88. The van der Waals surface area contributed by atoms with Gasteiger partial charge in [0.25, 0.3) is 0 Å². The van der Waals surface area contributed by atoms with Crippen LogP contribution < -0.4 is 14.8 Å². The molecule has 0 saturated heterocycles. The molecule has 1 N–H and O–H groups in total. The van der Waals surface area contributed by atoms with Gasteiger partial charge in [-0.05, 0) is 35.9 Å². The van der Waals surface area contributed by atoms with E-state index < -0.39 is 6.61 Å². The lowest BCUT2D eigenvalue weighted by molar-refractivity contribution is -0.0498. The number of nitrogens with one attached hydrogen (secondary N) is 1. The summed E-state index contributed by atoms with van der Waals surface area (Å²) in [5.41, 5.74) is 0.566. The highest BCUT2D eigenvalue weighted by Crippen LogP contribution is 2.20. The predicted molar refractivity (Wildman–Crippen MR) is 67.7 cm³/mol. The van der Waals surface area contributed by atoms with Gasteiger partial charge >= 0.3 is 12.6 Å². The van der Waals surface area contributed by atoms with Crippen molar-refractivity contribution >= 4 is 23.2 Å². The molecule has 0 aliphatic carbocycles. The molecule has 1 heterocycles. The molecule has 20 heavy (non-hydrogen) atoms. The molecule has 2 aromatic rings. The molecule has 0 spiro atoms. The van der Waals surface area contributed by atoms with Crippen molar-refractivity contribution in [3.8, 4) is 11.8 Å². The Morgan fingerprint density at radius 3 is 2.45 bits per heavy atom. The zero-order valence-electron chi connectivity index (χ0n) is 10.2. The molecule has 1 aromatic heterocycles. The Hall–Kier alpha value is -2.22. The number of ether oxygens (including phenoxy) is 2. The number of aromatic nitrogens is 3. The van der Waals surface area contributed by atoms with Crippen LogP contribution >= 0.6 is 11.6 Å². The highest BCUT2D eigenvalue weighted by Gasteiger charge is 2.07. The van der Waals surface area contributed by atoms with Gasteiger partial charge in [-0.1, -0.05) is 0 Å². The highest BCUT2D eigenvalue weighted by molar-refractivity contribution is 6.28. The first-order chi connectivity index (χ1) is 9.56. The minimum Gasteiger partial charge on any atom is -0.467 e. The van der Waals surface area contributed by atoms with Crippen molar-refractivity contribution in [3.63, 3.8) is 0 Å². The summed E-state index contributed by atoms with van der Waals surface area (Å²) in [6, 6.07) is 5.89. The zero-order chi connectivity index (χ0) is 14.5. The standard InChI is InChI=1S/C11H9ClF2N4O2/c1-19-11-17-8(12)16-10(18-11)15-6-2-4-7(5-3-6)20-9(13)14/h2-5,9H,1H3,(H,15,16,17,18). The third-order valence-electron chi connectivity index (χ3n) is 2.11. The molecule has 2 rings (SSSR count). The van der Waals surface area contributed by atoms with Crippen molar-refractivity contribution in [2.45, 2.75) is 6.61 Å². The summed E-state index contributed by atoms with van der Waals surface area (Å²) in [5.74, 6) is 0.223. The van der Waals surface area contributed by atoms with Crippen molar-refractivity contribution in [1.29, 1.82) is 0 Å². The molecule has 0 saturated carbocycles. The number of methoxy groups -OCH3 is 1. The van der Waals surface area contributed by atoms with E-state index in [4.69, 9.17) is 16.3 Å². The normalized spacial score (nSPS) is 10.4. The lowest BCUT2D eigenvalue weighted by atomic mass is 10.3. The molecule has 0 amide bonds. The Labute approximate surface area is 117 Å². The maximum Gasteiger partial charge on any atom is 0.387 e. The van der Waals surface area contributed by atoms with E-state index >= 15 is 0 Å². The van der Waals surface area contributed by atoms with Crippen LogP contribution in [0.15, 0.2) is 24.3 Å². The lowest BCUT2D eigenvalue weighted by Crippen LogP contribution is -2.03. The van der Waals surface area contributed by atoms with Crippen molar-refractivity contribution in [3.05, 3.63) is 29.5 Å². The monoisotopic (exact) mass is 302 g/mol. The van der Waals surface area contributed by atoms with Crippen LogP contribution in [0, 0.1) is 0 Å². The van der Waals surface area contributed by atoms with Gasteiger partial charge < -0.3 is 14.8 Å². The summed E-state index contributed by atoms with van der Waals surface area (Å²) in [5, 5.41) is 2.80.